The van der Waals surface area contributed by atoms with E-state index in [9.17, 15) is 5.11 Å². The fourth-order valence-electron chi connectivity index (χ4n) is 5.90. The first kappa shape index (κ1) is 15.3. The highest BCUT2D eigenvalue weighted by Crippen LogP contribution is 2.63. The Balaban J connectivity index is 1.97. The topological polar surface area (TPSA) is 20.2 Å². The van der Waals surface area contributed by atoms with Gasteiger partial charge in [0.05, 0.1) is 6.10 Å². The quantitative estimate of drug-likeness (QED) is 0.665. The molecule has 5 atom stereocenters. The van der Waals surface area contributed by atoms with Crippen molar-refractivity contribution in [2.45, 2.75) is 72.3 Å². The van der Waals surface area contributed by atoms with Crippen molar-refractivity contribution in [2.75, 3.05) is 0 Å². The molecule has 0 saturated heterocycles. The third-order valence-electron chi connectivity index (χ3n) is 7.43. The first-order chi connectivity index (χ1) is 9.73. The molecule has 3 rings (SSSR count). The van der Waals surface area contributed by atoms with Crippen LogP contribution in [-0.4, -0.2) is 11.2 Å². The summed E-state index contributed by atoms with van der Waals surface area (Å²) in [6.07, 6.45) is 11.7. The van der Waals surface area contributed by atoms with Crippen molar-refractivity contribution in [2.24, 2.45) is 28.1 Å². The summed E-state index contributed by atoms with van der Waals surface area (Å²) >= 11 is 0. The van der Waals surface area contributed by atoms with Gasteiger partial charge in [-0.25, -0.2) is 0 Å². The summed E-state index contributed by atoms with van der Waals surface area (Å²) in [5.74, 6) is 1.39. The molecular formula is C20H32O. The minimum absolute atomic E-state index is 0.0672. The average molecular weight is 288 g/mol. The number of aliphatic hydroxyl groups excluding tert-OH is 1. The molecule has 2 fully saturated rings. The van der Waals surface area contributed by atoms with Gasteiger partial charge in [-0.3, -0.25) is 0 Å². The third-order valence-corrected chi connectivity index (χ3v) is 7.43. The summed E-state index contributed by atoms with van der Waals surface area (Å²) < 4.78 is 0. The largest absolute Gasteiger partial charge is 0.393 e. The van der Waals surface area contributed by atoms with E-state index in [0.29, 0.717) is 11.3 Å². The summed E-state index contributed by atoms with van der Waals surface area (Å²) in [4.78, 5) is 0. The van der Waals surface area contributed by atoms with Crippen LogP contribution < -0.4 is 0 Å². The molecule has 0 heterocycles. The van der Waals surface area contributed by atoms with Crippen molar-refractivity contribution in [1.82, 2.24) is 0 Å². The lowest BCUT2D eigenvalue weighted by molar-refractivity contribution is -0.127. The lowest BCUT2D eigenvalue weighted by Gasteiger charge is -2.60. The SMILES string of the molecule is C=C[C@]1(C)C=C2CC[C@@H]3C(C)(C)[C@H](O)CC[C@@]3(C)C2CC1. The van der Waals surface area contributed by atoms with Gasteiger partial charge in [-0.2, -0.15) is 0 Å². The standard InChI is InChI=1S/C20H32O/c1-6-19(4)11-9-15-14(13-19)7-8-16-18(2,3)17(21)10-12-20(15,16)5/h6,13,15-17,21H,1,7-12H2,2-5H3/t15?,16-,17-,19+,20+/m1/s1. The lowest BCUT2D eigenvalue weighted by atomic mass is 9.45. The highest BCUT2D eigenvalue weighted by Gasteiger charge is 2.56. The van der Waals surface area contributed by atoms with Gasteiger partial charge in [-0.05, 0) is 61.2 Å². The second-order valence-electron chi connectivity index (χ2n) is 8.99. The normalized spacial score (nSPS) is 48.8. The molecule has 0 aromatic rings. The van der Waals surface area contributed by atoms with Crippen LogP contribution in [0.4, 0.5) is 0 Å². The molecule has 0 spiro atoms. The molecule has 0 aromatic carbocycles. The van der Waals surface area contributed by atoms with Crippen molar-refractivity contribution in [3.8, 4) is 0 Å². The molecule has 3 aliphatic rings. The average Bonchev–Trinajstić information content (AvgIpc) is 2.43. The van der Waals surface area contributed by atoms with Gasteiger partial charge in [0.2, 0.25) is 0 Å². The monoisotopic (exact) mass is 288 g/mol. The van der Waals surface area contributed by atoms with Crippen LogP contribution in [0.2, 0.25) is 0 Å². The van der Waals surface area contributed by atoms with Gasteiger partial charge in [0.25, 0.3) is 0 Å². The van der Waals surface area contributed by atoms with Crippen LogP contribution in [0.25, 0.3) is 0 Å². The molecule has 21 heavy (non-hydrogen) atoms. The molecule has 0 amide bonds. The van der Waals surface area contributed by atoms with E-state index in [1.807, 2.05) is 0 Å². The fourth-order valence-corrected chi connectivity index (χ4v) is 5.90. The molecule has 0 aliphatic heterocycles. The minimum Gasteiger partial charge on any atom is -0.393 e. The molecule has 0 radical (unpaired) electrons. The maximum Gasteiger partial charge on any atom is 0.0594 e. The second-order valence-corrected chi connectivity index (χ2v) is 8.99. The van der Waals surface area contributed by atoms with Gasteiger partial charge in [0.1, 0.15) is 0 Å². The van der Waals surface area contributed by atoms with Crippen LogP contribution in [0, 0.1) is 28.1 Å². The number of hydrogen-bond donors (Lipinski definition) is 1. The minimum atomic E-state index is -0.122. The Labute approximate surface area is 130 Å². The van der Waals surface area contributed by atoms with Gasteiger partial charge in [0.15, 0.2) is 0 Å². The van der Waals surface area contributed by atoms with Crippen LogP contribution in [0.1, 0.15) is 66.2 Å². The molecule has 1 heteroatoms. The highest BCUT2D eigenvalue weighted by atomic mass is 16.3. The Morgan fingerprint density at radius 3 is 2.52 bits per heavy atom. The van der Waals surface area contributed by atoms with Crippen molar-refractivity contribution in [1.29, 1.82) is 0 Å². The smallest absolute Gasteiger partial charge is 0.0594 e. The Morgan fingerprint density at radius 2 is 1.86 bits per heavy atom. The molecule has 0 aromatic heterocycles. The zero-order valence-corrected chi connectivity index (χ0v) is 14.3. The first-order valence-electron chi connectivity index (χ1n) is 8.76. The number of aliphatic hydroxyl groups is 1. The molecule has 0 bridgehead atoms. The summed E-state index contributed by atoms with van der Waals surface area (Å²) in [5.41, 5.74) is 2.35. The van der Waals surface area contributed by atoms with Crippen LogP contribution in [-0.2, 0) is 0 Å². The van der Waals surface area contributed by atoms with E-state index in [4.69, 9.17) is 0 Å². The van der Waals surface area contributed by atoms with Crippen LogP contribution in [0.3, 0.4) is 0 Å². The van der Waals surface area contributed by atoms with Crippen molar-refractivity contribution in [3.63, 3.8) is 0 Å². The van der Waals surface area contributed by atoms with Crippen molar-refractivity contribution >= 4 is 0 Å². The molecule has 118 valence electrons. The molecular weight excluding hydrogens is 256 g/mol. The van der Waals surface area contributed by atoms with Gasteiger partial charge >= 0.3 is 0 Å². The first-order valence-corrected chi connectivity index (χ1v) is 8.76. The Kier molecular flexibility index (Phi) is 3.44. The number of allylic oxidation sites excluding steroid dienone is 3. The van der Waals surface area contributed by atoms with E-state index in [0.717, 1.165) is 12.3 Å². The summed E-state index contributed by atoms with van der Waals surface area (Å²) in [6, 6.07) is 0. The number of hydrogen-bond acceptors (Lipinski definition) is 1. The third kappa shape index (κ3) is 2.15. The molecule has 2 saturated carbocycles. The molecule has 3 aliphatic carbocycles. The summed E-state index contributed by atoms with van der Waals surface area (Å²) in [7, 11) is 0. The zero-order chi connectivity index (χ0) is 15.5. The van der Waals surface area contributed by atoms with Crippen molar-refractivity contribution < 1.29 is 5.11 Å². The van der Waals surface area contributed by atoms with E-state index >= 15 is 0 Å². The maximum atomic E-state index is 10.5. The maximum absolute atomic E-state index is 10.5. The highest BCUT2D eigenvalue weighted by molar-refractivity contribution is 5.26. The van der Waals surface area contributed by atoms with Gasteiger partial charge in [-0.15, -0.1) is 6.58 Å². The Bertz CT molecular complexity index is 474. The van der Waals surface area contributed by atoms with Gasteiger partial charge < -0.3 is 5.11 Å². The van der Waals surface area contributed by atoms with Crippen LogP contribution in [0.5, 0.6) is 0 Å². The van der Waals surface area contributed by atoms with E-state index in [-0.39, 0.29) is 16.9 Å². The zero-order valence-electron chi connectivity index (χ0n) is 14.3. The van der Waals surface area contributed by atoms with Crippen LogP contribution >= 0.6 is 0 Å². The molecule has 1 N–H and O–H groups in total. The molecule has 1 nitrogen and oxygen atoms in total. The fraction of sp³-hybridized carbons (Fsp3) is 0.800. The van der Waals surface area contributed by atoms with E-state index in [2.05, 4.69) is 46.4 Å². The summed E-state index contributed by atoms with van der Waals surface area (Å²) in [5, 5.41) is 10.5. The van der Waals surface area contributed by atoms with E-state index < -0.39 is 0 Å². The van der Waals surface area contributed by atoms with Gasteiger partial charge in [0, 0.05) is 5.41 Å². The number of rotatable bonds is 1. The Morgan fingerprint density at radius 1 is 1.14 bits per heavy atom. The predicted octanol–water partition coefficient (Wildman–Crippen LogP) is 5.11. The number of fused-ring (bicyclic) bond motifs is 3. The van der Waals surface area contributed by atoms with E-state index in [1.54, 1.807) is 5.57 Å². The Hall–Kier alpha value is -0.560. The summed E-state index contributed by atoms with van der Waals surface area (Å²) in [6.45, 7) is 13.5. The molecule has 1 unspecified atom stereocenters. The lowest BCUT2D eigenvalue weighted by Crippen LogP contribution is -2.55. The van der Waals surface area contributed by atoms with E-state index in [1.165, 1.54) is 32.1 Å². The van der Waals surface area contributed by atoms with Gasteiger partial charge in [-0.1, -0.05) is 45.4 Å². The second kappa shape index (κ2) is 4.72. The van der Waals surface area contributed by atoms with Crippen molar-refractivity contribution in [3.05, 3.63) is 24.3 Å². The van der Waals surface area contributed by atoms with Crippen LogP contribution in [0.15, 0.2) is 24.3 Å². The predicted molar refractivity (Wildman–Crippen MR) is 89.0 cm³/mol.